The van der Waals surface area contributed by atoms with Gasteiger partial charge in [0.1, 0.15) is 5.75 Å². The van der Waals surface area contributed by atoms with Crippen LogP contribution in [0.4, 0.5) is 5.69 Å². The number of ether oxygens (including phenoxy) is 3. The van der Waals surface area contributed by atoms with Crippen molar-refractivity contribution in [1.29, 1.82) is 0 Å². The first kappa shape index (κ1) is 25.3. The first-order valence-corrected chi connectivity index (χ1v) is 11.3. The van der Waals surface area contributed by atoms with Crippen molar-refractivity contribution in [3.8, 4) is 17.2 Å². The van der Waals surface area contributed by atoms with Crippen molar-refractivity contribution in [3.05, 3.63) is 83.4 Å². The molecule has 35 heavy (non-hydrogen) atoms. The van der Waals surface area contributed by atoms with Crippen LogP contribution in [0.1, 0.15) is 35.3 Å². The second-order valence-electron chi connectivity index (χ2n) is 7.47. The topological polar surface area (TPSA) is 98.3 Å². The fourth-order valence-electron chi connectivity index (χ4n) is 3.11. The molecule has 0 saturated heterocycles. The van der Waals surface area contributed by atoms with E-state index in [1.807, 2.05) is 51.1 Å². The highest BCUT2D eigenvalue weighted by atomic mass is 16.5. The summed E-state index contributed by atoms with van der Waals surface area (Å²) in [4.78, 5) is 24.8. The van der Waals surface area contributed by atoms with E-state index in [1.165, 1.54) is 6.21 Å². The maximum Gasteiger partial charge on any atom is 0.271 e. The van der Waals surface area contributed by atoms with E-state index < -0.39 is 5.91 Å². The zero-order valence-electron chi connectivity index (χ0n) is 20.0. The second-order valence-corrected chi connectivity index (χ2v) is 7.47. The predicted octanol–water partition coefficient (Wildman–Crippen LogP) is 4.57. The molecule has 3 rings (SSSR count). The number of hydrogen-bond acceptors (Lipinski definition) is 6. The predicted molar refractivity (Wildman–Crippen MR) is 136 cm³/mol. The number of carbonyl (C=O) groups is 2. The minimum atomic E-state index is -0.402. The quantitative estimate of drug-likeness (QED) is 0.313. The number of nitrogens with zero attached hydrogens (tertiary/aromatic N) is 1. The fraction of sp³-hybridized carbons (Fsp3) is 0.222. The number of hydrogen-bond donors (Lipinski definition) is 2. The van der Waals surface area contributed by atoms with Crippen molar-refractivity contribution in [3.63, 3.8) is 0 Å². The number of hydrazone groups is 1. The van der Waals surface area contributed by atoms with Crippen molar-refractivity contribution in [1.82, 2.24) is 5.43 Å². The summed E-state index contributed by atoms with van der Waals surface area (Å²) in [5.74, 6) is 0.848. The highest BCUT2D eigenvalue weighted by Gasteiger charge is 2.11. The smallest absolute Gasteiger partial charge is 0.271 e. The van der Waals surface area contributed by atoms with Crippen molar-refractivity contribution >= 4 is 23.7 Å². The van der Waals surface area contributed by atoms with Crippen LogP contribution in [0.5, 0.6) is 17.2 Å². The molecule has 0 aromatic heterocycles. The number of anilines is 1. The lowest BCUT2D eigenvalue weighted by molar-refractivity contribution is -0.118. The maximum atomic E-state index is 12.5. The van der Waals surface area contributed by atoms with Crippen LogP contribution in [-0.2, 0) is 4.79 Å². The third kappa shape index (κ3) is 7.60. The first-order chi connectivity index (χ1) is 17.0. The fourth-order valence-corrected chi connectivity index (χ4v) is 3.11. The largest absolute Gasteiger partial charge is 0.490 e. The summed E-state index contributed by atoms with van der Waals surface area (Å²) < 4.78 is 16.8. The van der Waals surface area contributed by atoms with E-state index in [-0.39, 0.29) is 12.5 Å². The molecule has 3 aromatic carbocycles. The van der Waals surface area contributed by atoms with Crippen LogP contribution in [0.15, 0.2) is 71.8 Å². The van der Waals surface area contributed by atoms with Crippen LogP contribution < -0.4 is 25.0 Å². The van der Waals surface area contributed by atoms with E-state index in [0.717, 1.165) is 5.56 Å². The Morgan fingerprint density at radius 3 is 2.31 bits per heavy atom. The molecule has 2 amide bonds. The van der Waals surface area contributed by atoms with E-state index in [4.69, 9.17) is 14.2 Å². The lowest BCUT2D eigenvalue weighted by atomic mass is 10.2. The second kappa shape index (κ2) is 12.8. The third-order valence-electron chi connectivity index (χ3n) is 4.79. The van der Waals surface area contributed by atoms with Crippen LogP contribution in [0.2, 0.25) is 0 Å². The van der Waals surface area contributed by atoms with Gasteiger partial charge in [-0.25, -0.2) is 5.43 Å². The van der Waals surface area contributed by atoms with Gasteiger partial charge in [0.05, 0.1) is 19.4 Å². The standard InChI is InChI=1S/C27H29N3O5/c1-4-33-24-15-12-20(16-25(24)34-5-2)27(32)30-28-17-21-8-6-7-9-23(21)35-18-26(31)29-22-13-10-19(3)11-14-22/h6-17H,4-5,18H2,1-3H3,(H,29,31)(H,30,32)/b28-17+. The lowest BCUT2D eigenvalue weighted by Gasteiger charge is -2.12. The van der Waals surface area contributed by atoms with Gasteiger partial charge in [0, 0.05) is 16.8 Å². The van der Waals surface area contributed by atoms with Gasteiger partial charge >= 0.3 is 0 Å². The molecule has 0 atom stereocenters. The Kier molecular flexibility index (Phi) is 9.24. The summed E-state index contributed by atoms with van der Waals surface area (Å²) >= 11 is 0. The summed E-state index contributed by atoms with van der Waals surface area (Å²) in [5.41, 5.74) is 5.29. The van der Waals surface area contributed by atoms with Gasteiger partial charge in [-0.3, -0.25) is 9.59 Å². The summed E-state index contributed by atoms with van der Waals surface area (Å²) in [5, 5.41) is 6.83. The molecule has 0 aliphatic rings. The molecule has 0 unspecified atom stereocenters. The summed E-state index contributed by atoms with van der Waals surface area (Å²) in [6, 6.07) is 19.5. The molecule has 0 radical (unpaired) electrons. The van der Waals surface area contributed by atoms with Crippen molar-refractivity contribution in [2.75, 3.05) is 25.1 Å². The Hall–Kier alpha value is -4.33. The number of rotatable bonds is 11. The Morgan fingerprint density at radius 1 is 0.857 bits per heavy atom. The average Bonchev–Trinajstić information content (AvgIpc) is 2.86. The molecule has 0 fully saturated rings. The van der Waals surface area contributed by atoms with Crippen molar-refractivity contribution in [2.24, 2.45) is 5.10 Å². The van der Waals surface area contributed by atoms with Gasteiger partial charge in [-0.1, -0.05) is 29.8 Å². The van der Waals surface area contributed by atoms with Crippen molar-refractivity contribution in [2.45, 2.75) is 20.8 Å². The van der Waals surface area contributed by atoms with Crippen molar-refractivity contribution < 1.29 is 23.8 Å². The van der Waals surface area contributed by atoms with Gasteiger partial charge in [-0.15, -0.1) is 0 Å². The first-order valence-electron chi connectivity index (χ1n) is 11.3. The third-order valence-corrected chi connectivity index (χ3v) is 4.79. The molecule has 0 bridgehead atoms. The summed E-state index contributed by atoms with van der Waals surface area (Å²) in [6.07, 6.45) is 1.46. The lowest BCUT2D eigenvalue weighted by Crippen LogP contribution is -2.20. The number of aryl methyl sites for hydroxylation is 1. The van der Waals surface area contributed by atoms with Crippen LogP contribution in [0.3, 0.4) is 0 Å². The molecule has 0 spiro atoms. The van der Waals surface area contributed by atoms with Crippen LogP contribution in [0, 0.1) is 6.92 Å². The van der Waals surface area contributed by atoms with E-state index in [2.05, 4.69) is 15.8 Å². The molecule has 182 valence electrons. The molecule has 0 heterocycles. The number of amides is 2. The van der Waals surface area contributed by atoms with Gasteiger partial charge in [0.15, 0.2) is 18.1 Å². The van der Waals surface area contributed by atoms with E-state index in [0.29, 0.717) is 47.3 Å². The summed E-state index contributed by atoms with van der Waals surface area (Å²) in [7, 11) is 0. The average molecular weight is 476 g/mol. The number of para-hydroxylation sites is 1. The van der Waals surface area contributed by atoms with E-state index in [1.54, 1.807) is 36.4 Å². The zero-order valence-corrected chi connectivity index (χ0v) is 20.0. The normalized spacial score (nSPS) is 10.6. The number of nitrogens with one attached hydrogen (secondary N) is 2. The Morgan fingerprint density at radius 2 is 1.57 bits per heavy atom. The molecule has 0 aliphatic heterocycles. The number of benzene rings is 3. The minimum absolute atomic E-state index is 0.169. The van der Waals surface area contributed by atoms with E-state index >= 15 is 0 Å². The number of carbonyl (C=O) groups excluding carboxylic acids is 2. The molecule has 0 saturated carbocycles. The van der Waals surface area contributed by atoms with Gasteiger partial charge in [-0.2, -0.15) is 5.10 Å². The Bertz CT molecular complexity index is 1180. The molecule has 8 heteroatoms. The summed E-state index contributed by atoms with van der Waals surface area (Å²) in [6.45, 7) is 6.49. The van der Waals surface area contributed by atoms with Gasteiger partial charge < -0.3 is 19.5 Å². The maximum absolute atomic E-state index is 12.5. The molecular formula is C27H29N3O5. The SMILES string of the molecule is CCOc1ccc(C(=O)N/N=C/c2ccccc2OCC(=O)Nc2ccc(C)cc2)cc1OCC. The molecule has 3 aromatic rings. The van der Waals surface area contributed by atoms with Gasteiger partial charge in [0.2, 0.25) is 0 Å². The Labute approximate surface area is 204 Å². The zero-order chi connectivity index (χ0) is 25.0. The minimum Gasteiger partial charge on any atom is -0.490 e. The Balaban J connectivity index is 1.59. The molecular weight excluding hydrogens is 446 g/mol. The molecule has 2 N–H and O–H groups in total. The van der Waals surface area contributed by atoms with Crippen LogP contribution in [-0.4, -0.2) is 37.8 Å². The molecule has 0 aliphatic carbocycles. The highest BCUT2D eigenvalue weighted by molar-refractivity contribution is 5.96. The highest BCUT2D eigenvalue weighted by Crippen LogP contribution is 2.28. The van der Waals surface area contributed by atoms with Crippen LogP contribution >= 0.6 is 0 Å². The molecule has 8 nitrogen and oxygen atoms in total. The van der Waals surface area contributed by atoms with Crippen LogP contribution in [0.25, 0.3) is 0 Å². The van der Waals surface area contributed by atoms with E-state index in [9.17, 15) is 9.59 Å². The monoisotopic (exact) mass is 475 g/mol. The van der Waals surface area contributed by atoms with Gasteiger partial charge in [-0.05, 0) is 63.2 Å². The van der Waals surface area contributed by atoms with Gasteiger partial charge in [0.25, 0.3) is 11.8 Å².